The van der Waals surface area contributed by atoms with Crippen LogP contribution in [0.4, 0.5) is 0 Å². The van der Waals surface area contributed by atoms with Crippen molar-refractivity contribution in [2.45, 2.75) is 0 Å². The van der Waals surface area contributed by atoms with Crippen molar-refractivity contribution in [3.05, 3.63) is 473 Å². The average molecular weight is 1660 g/mol. The predicted molar refractivity (Wildman–Crippen MR) is 541 cm³/mol. The van der Waals surface area contributed by atoms with Gasteiger partial charge in [-0.3, -0.25) is 9.13 Å². The molecular weight excluding hydrogens is 1580 g/mol. The van der Waals surface area contributed by atoms with E-state index in [2.05, 4.69) is 446 Å². The van der Waals surface area contributed by atoms with E-state index in [9.17, 15) is 0 Å². The van der Waals surface area contributed by atoms with Crippen molar-refractivity contribution in [2.24, 2.45) is 0 Å². The van der Waals surface area contributed by atoms with Crippen molar-refractivity contribution in [2.75, 3.05) is 0 Å². The first-order valence-electron chi connectivity index (χ1n) is 44.1. The molecule has 0 aliphatic heterocycles. The molecule has 9 heterocycles. The number of rotatable bonds is 11. The highest BCUT2D eigenvalue weighted by molar-refractivity contribution is 6.17. The first-order valence-corrected chi connectivity index (χ1v) is 44.1. The van der Waals surface area contributed by atoms with E-state index in [1.165, 1.54) is 148 Å². The van der Waals surface area contributed by atoms with Crippen LogP contribution in [-0.4, -0.2) is 47.3 Å². The molecule has 0 fully saturated rings. The zero-order chi connectivity index (χ0) is 85.7. The van der Waals surface area contributed by atoms with Gasteiger partial charge in [-0.2, -0.15) is 0 Å². The molecule has 10 nitrogen and oxygen atoms in total. The molecule has 0 amide bonds. The third-order valence-electron chi connectivity index (χ3n) is 25.9. The van der Waals surface area contributed by atoms with Gasteiger partial charge in [-0.25, -0.2) is 19.9 Å². The highest BCUT2D eigenvalue weighted by Gasteiger charge is 2.23. The molecule has 9 aromatic heterocycles. The minimum absolute atomic E-state index is 0.724. The molecule has 0 radical (unpaired) electrons. The molecular formula is C120H78N10. The van der Waals surface area contributed by atoms with E-state index in [4.69, 9.17) is 19.9 Å². The number of pyridine rings is 2. The summed E-state index contributed by atoms with van der Waals surface area (Å²) in [5.41, 5.74) is 29.9. The summed E-state index contributed by atoms with van der Waals surface area (Å²) < 4.78 is 13.9. The molecule has 0 saturated heterocycles. The van der Waals surface area contributed by atoms with E-state index in [1.54, 1.807) is 0 Å². The van der Waals surface area contributed by atoms with Crippen molar-refractivity contribution in [3.63, 3.8) is 0 Å². The zero-order valence-electron chi connectivity index (χ0n) is 70.5. The third kappa shape index (κ3) is 12.7. The number of para-hydroxylation sites is 10. The zero-order valence-corrected chi connectivity index (χ0v) is 70.5. The van der Waals surface area contributed by atoms with Crippen molar-refractivity contribution < 1.29 is 0 Å². The molecule has 0 aliphatic carbocycles. The van der Waals surface area contributed by atoms with E-state index in [0.29, 0.717) is 0 Å². The molecule has 18 aromatic carbocycles. The van der Waals surface area contributed by atoms with E-state index in [0.717, 1.165) is 84.0 Å². The lowest BCUT2D eigenvalue weighted by molar-refractivity contribution is 1.08. The summed E-state index contributed by atoms with van der Waals surface area (Å²) in [4.78, 5) is 19.6. The maximum Gasteiger partial charge on any atom is 0.159 e. The van der Waals surface area contributed by atoms with Crippen LogP contribution in [-0.2, 0) is 0 Å². The van der Waals surface area contributed by atoms with Crippen LogP contribution in [0, 0.1) is 0 Å². The Morgan fingerprint density at radius 2 is 0.423 bits per heavy atom. The average Bonchev–Trinajstić information content (AvgIpc) is 1.59. The molecule has 0 aliphatic rings. The van der Waals surface area contributed by atoms with Crippen LogP contribution in [0.2, 0.25) is 0 Å². The van der Waals surface area contributed by atoms with Gasteiger partial charge in [0, 0.05) is 98.2 Å². The summed E-state index contributed by atoms with van der Waals surface area (Å²) in [7, 11) is 0. The second kappa shape index (κ2) is 31.3. The Morgan fingerprint density at radius 3 is 0.777 bits per heavy atom. The van der Waals surface area contributed by atoms with Gasteiger partial charge in [0.1, 0.15) is 11.6 Å². The summed E-state index contributed by atoms with van der Waals surface area (Å²) in [6.07, 6.45) is 3.84. The van der Waals surface area contributed by atoms with Crippen molar-refractivity contribution in [1.82, 2.24) is 47.3 Å². The summed E-state index contributed by atoms with van der Waals surface area (Å²) >= 11 is 0. The van der Waals surface area contributed by atoms with E-state index in [1.807, 2.05) is 54.9 Å². The van der Waals surface area contributed by atoms with E-state index >= 15 is 0 Å². The molecule has 10 heteroatoms. The van der Waals surface area contributed by atoms with Gasteiger partial charge in [-0.15, -0.1) is 0 Å². The molecule has 0 bridgehead atoms. The molecule has 0 unspecified atom stereocenters. The molecule has 0 atom stereocenters. The summed E-state index contributed by atoms with van der Waals surface area (Å²) in [6.45, 7) is 0. The van der Waals surface area contributed by atoms with Gasteiger partial charge in [0.2, 0.25) is 0 Å². The lowest BCUT2D eigenvalue weighted by Gasteiger charge is -2.10. The van der Waals surface area contributed by atoms with Crippen LogP contribution in [0.5, 0.6) is 0 Å². The van der Waals surface area contributed by atoms with Gasteiger partial charge in [0.15, 0.2) is 5.82 Å². The van der Waals surface area contributed by atoms with Crippen molar-refractivity contribution in [1.29, 1.82) is 0 Å². The van der Waals surface area contributed by atoms with Gasteiger partial charge in [0.05, 0.1) is 95.5 Å². The molecule has 0 spiro atoms. The molecule has 0 N–H and O–H groups in total. The first-order chi connectivity index (χ1) is 64.5. The first kappa shape index (κ1) is 75.0. The Hall–Kier alpha value is -17.6. The largest absolute Gasteiger partial charge is 0.309 e. The van der Waals surface area contributed by atoms with Gasteiger partial charge < -0.3 is 18.3 Å². The molecule has 0 saturated carbocycles. The summed E-state index contributed by atoms with van der Waals surface area (Å²) in [6, 6.07) is 164. The number of nitrogens with zero attached hydrogens (tertiary/aromatic N) is 10. The monoisotopic (exact) mass is 1660 g/mol. The minimum Gasteiger partial charge on any atom is -0.309 e. The van der Waals surface area contributed by atoms with Crippen LogP contribution in [0.3, 0.4) is 0 Å². The standard InChI is InChI=1S/C41H27N3.C40H26N4.C39H25N3/c1-3-12-28(13-4-1)36-18-11-21-41(42-36)44-38-20-10-8-17-33(38)35-27-30(23-25-40(35)44)29-22-24-39-34(26-29)32-16-7-9-19-37(32)43(39)31-14-5-2-6-15-31;1-3-11-27(12-4-1)40-41-25-31(26-42-40)44-37-18-10-8-16-33(37)35-24-29(20-22-39(35)44)28-19-21-38-34(23-28)32-15-7-9-17-36(32)43(38)30-13-5-2-6-14-30;1-2-11-29(12-3-1)41-35-16-8-5-13-30(35)32-24-27(18-21-37(32)41)28-19-22-38-33(25-28)31-14-6-9-17-36(31)42(38)39-23-20-26-10-4-7-15-34(26)40-39/h1-27H;1-26H;1-25H. The number of aromatic nitrogens is 10. The summed E-state index contributed by atoms with van der Waals surface area (Å²) in [5, 5.41) is 16.0. The molecule has 27 rings (SSSR count). The second-order valence-electron chi connectivity index (χ2n) is 33.3. The lowest BCUT2D eigenvalue weighted by Crippen LogP contribution is -1.98. The molecule has 608 valence electrons. The highest BCUT2D eigenvalue weighted by atomic mass is 15.1. The van der Waals surface area contributed by atoms with Crippen LogP contribution in [0.25, 0.3) is 232 Å². The normalized spacial score (nSPS) is 11.7. The van der Waals surface area contributed by atoms with E-state index in [-0.39, 0.29) is 0 Å². The van der Waals surface area contributed by atoms with Crippen molar-refractivity contribution in [3.8, 4) is 90.4 Å². The quantitative estimate of drug-likeness (QED) is 0.129. The summed E-state index contributed by atoms with van der Waals surface area (Å²) in [5.74, 6) is 2.57. The lowest BCUT2D eigenvalue weighted by atomic mass is 10.0. The minimum atomic E-state index is 0.724. The number of benzene rings is 18. The number of fused-ring (bicyclic) bond motifs is 19. The Kier molecular flexibility index (Phi) is 18.0. The maximum atomic E-state index is 5.12. The number of hydrogen-bond acceptors (Lipinski definition) is 4. The fourth-order valence-corrected chi connectivity index (χ4v) is 19.9. The van der Waals surface area contributed by atoms with Crippen LogP contribution < -0.4 is 0 Å². The van der Waals surface area contributed by atoms with Crippen LogP contribution in [0.15, 0.2) is 473 Å². The van der Waals surface area contributed by atoms with Crippen molar-refractivity contribution >= 4 is 142 Å². The number of hydrogen-bond donors (Lipinski definition) is 0. The second-order valence-corrected chi connectivity index (χ2v) is 33.3. The Labute approximate surface area is 747 Å². The highest BCUT2D eigenvalue weighted by Crippen LogP contribution is 2.44. The Balaban J connectivity index is 0.000000105. The smallest absolute Gasteiger partial charge is 0.159 e. The Bertz CT molecular complexity index is 9100. The van der Waals surface area contributed by atoms with E-state index < -0.39 is 0 Å². The van der Waals surface area contributed by atoms with Crippen LogP contribution in [0.1, 0.15) is 0 Å². The fraction of sp³-hybridized carbons (Fsp3) is 0. The topological polar surface area (TPSA) is 81.1 Å². The Morgan fingerprint density at radius 1 is 0.154 bits per heavy atom. The third-order valence-corrected chi connectivity index (χ3v) is 25.9. The van der Waals surface area contributed by atoms with Gasteiger partial charge in [-0.1, -0.05) is 285 Å². The van der Waals surface area contributed by atoms with Gasteiger partial charge in [-0.05, 0) is 209 Å². The molecule has 130 heavy (non-hydrogen) atoms. The fourth-order valence-electron chi connectivity index (χ4n) is 19.9. The maximum absolute atomic E-state index is 5.12. The predicted octanol–water partition coefficient (Wildman–Crippen LogP) is 30.7. The SMILES string of the molecule is c1ccc(-c2cccc(-n3c4ccccc4c4cc(-c5ccc6c(c5)c5ccccc5n6-c5ccccc5)ccc43)n2)cc1.c1ccc(-c2ncc(-n3c4ccccc4c4cc(-c5ccc6c(c5)c5ccccc5n6-c5ccccc5)ccc43)cn2)cc1.c1ccc(-n2c3ccccc3c3cc(-c4ccc5c(c4)c4ccccc4n5-c4ccc5ccccc5n4)ccc32)cc1. The molecule has 27 aromatic rings. The van der Waals surface area contributed by atoms with Gasteiger partial charge >= 0.3 is 0 Å². The van der Waals surface area contributed by atoms with Gasteiger partial charge in [0.25, 0.3) is 0 Å². The van der Waals surface area contributed by atoms with Crippen LogP contribution >= 0.6 is 0 Å².